The van der Waals surface area contributed by atoms with Crippen LogP contribution in [0, 0.1) is 56.5 Å². The SMILES string of the molecule is CC(=O)c1ccc(COC(=O)CC[C@H](C)C2CCC3C4C(CC[C@@]32C)[C@@]2(C)CC[C@@H](O)C[C@H]2C[C@H]4O)c([N+](=O)[O-])c1. The number of hydrogen-bond acceptors (Lipinski definition) is 7. The predicted octanol–water partition coefficient (Wildman–Crippen LogP) is 6.25. The van der Waals surface area contributed by atoms with Gasteiger partial charge in [0.15, 0.2) is 5.78 Å². The van der Waals surface area contributed by atoms with Crippen molar-refractivity contribution in [2.45, 2.75) is 111 Å². The molecular formula is C33H47NO7. The zero-order valence-electron chi connectivity index (χ0n) is 25.0. The first-order chi connectivity index (χ1) is 19.3. The molecule has 226 valence electrons. The van der Waals surface area contributed by atoms with Crippen LogP contribution in [0.15, 0.2) is 18.2 Å². The van der Waals surface area contributed by atoms with Crippen molar-refractivity contribution in [2.24, 2.45) is 46.3 Å². The van der Waals surface area contributed by atoms with Gasteiger partial charge >= 0.3 is 5.97 Å². The van der Waals surface area contributed by atoms with Gasteiger partial charge in [-0.05, 0) is 117 Å². The van der Waals surface area contributed by atoms with Crippen LogP contribution in [0.4, 0.5) is 5.69 Å². The van der Waals surface area contributed by atoms with Crippen molar-refractivity contribution >= 4 is 17.4 Å². The number of ether oxygens (including phenoxy) is 1. The number of carbonyl (C=O) groups is 2. The number of aliphatic hydroxyl groups excluding tert-OH is 2. The van der Waals surface area contributed by atoms with Crippen molar-refractivity contribution in [3.05, 3.63) is 39.4 Å². The van der Waals surface area contributed by atoms with Gasteiger partial charge in [0.25, 0.3) is 5.69 Å². The van der Waals surface area contributed by atoms with E-state index in [4.69, 9.17) is 4.74 Å². The summed E-state index contributed by atoms with van der Waals surface area (Å²) >= 11 is 0. The first kappa shape index (κ1) is 30.1. The van der Waals surface area contributed by atoms with Gasteiger partial charge < -0.3 is 14.9 Å². The minimum atomic E-state index is -0.551. The summed E-state index contributed by atoms with van der Waals surface area (Å²) in [5, 5.41) is 33.3. The second kappa shape index (κ2) is 11.4. The van der Waals surface area contributed by atoms with E-state index in [1.807, 2.05) is 0 Å². The van der Waals surface area contributed by atoms with Crippen LogP contribution in [-0.2, 0) is 16.1 Å². The Balaban J connectivity index is 1.19. The average molecular weight is 570 g/mol. The summed E-state index contributed by atoms with van der Waals surface area (Å²) in [6.45, 7) is 8.26. The molecule has 41 heavy (non-hydrogen) atoms. The molecule has 5 rings (SSSR count). The van der Waals surface area contributed by atoms with E-state index in [-0.39, 0.29) is 64.6 Å². The lowest BCUT2D eigenvalue weighted by Gasteiger charge is -2.62. The third-order valence-corrected chi connectivity index (χ3v) is 12.3. The normalized spacial score (nSPS) is 38.7. The Bertz CT molecular complexity index is 1180. The molecule has 2 N–H and O–H groups in total. The van der Waals surface area contributed by atoms with Gasteiger partial charge in [-0.1, -0.05) is 26.8 Å². The average Bonchev–Trinajstić information content (AvgIpc) is 3.28. The lowest BCUT2D eigenvalue weighted by atomic mass is 9.43. The fraction of sp³-hybridized carbons (Fsp3) is 0.758. The number of fused-ring (bicyclic) bond motifs is 5. The number of hydrogen-bond donors (Lipinski definition) is 2. The summed E-state index contributed by atoms with van der Waals surface area (Å²) in [5.74, 6) is 1.90. The highest BCUT2D eigenvalue weighted by molar-refractivity contribution is 5.94. The number of aliphatic hydroxyl groups is 2. The molecule has 0 amide bonds. The molecule has 0 aliphatic heterocycles. The van der Waals surface area contributed by atoms with Crippen molar-refractivity contribution in [3.63, 3.8) is 0 Å². The minimum absolute atomic E-state index is 0.141. The van der Waals surface area contributed by atoms with Gasteiger partial charge in [-0.2, -0.15) is 0 Å². The molecule has 4 aliphatic carbocycles. The molecule has 10 atom stereocenters. The summed E-state index contributed by atoms with van der Waals surface area (Å²) in [6, 6.07) is 4.24. The number of esters is 1. The molecule has 1 aromatic rings. The van der Waals surface area contributed by atoms with E-state index in [2.05, 4.69) is 20.8 Å². The van der Waals surface area contributed by atoms with Crippen LogP contribution in [-0.4, -0.2) is 39.1 Å². The molecular weight excluding hydrogens is 522 g/mol. The van der Waals surface area contributed by atoms with Crippen LogP contribution in [0.1, 0.15) is 108 Å². The quantitative estimate of drug-likeness (QED) is 0.164. The largest absolute Gasteiger partial charge is 0.461 e. The highest BCUT2D eigenvalue weighted by Gasteiger charge is 2.62. The highest BCUT2D eigenvalue weighted by atomic mass is 16.6. The van der Waals surface area contributed by atoms with Crippen molar-refractivity contribution < 1.29 is 29.5 Å². The topological polar surface area (TPSA) is 127 Å². The Kier molecular flexibility index (Phi) is 8.38. The molecule has 0 heterocycles. The summed E-state index contributed by atoms with van der Waals surface area (Å²) in [6.07, 6.45) is 8.51. The van der Waals surface area contributed by atoms with Crippen LogP contribution in [0.2, 0.25) is 0 Å². The van der Waals surface area contributed by atoms with Gasteiger partial charge in [-0.25, -0.2) is 0 Å². The molecule has 0 spiro atoms. The Morgan fingerprint density at radius 1 is 1.07 bits per heavy atom. The molecule has 8 heteroatoms. The van der Waals surface area contributed by atoms with Gasteiger partial charge in [-0.3, -0.25) is 19.7 Å². The van der Waals surface area contributed by atoms with Gasteiger partial charge in [0.05, 0.1) is 22.7 Å². The monoisotopic (exact) mass is 569 g/mol. The number of benzene rings is 1. The van der Waals surface area contributed by atoms with Crippen LogP contribution in [0.5, 0.6) is 0 Å². The second-order valence-corrected chi connectivity index (χ2v) is 14.3. The van der Waals surface area contributed by atoms with E-state index < -0.39 is 4.92 Å². The van der Waals surface area contributed by atoms with Crippen LogP contribution in [0.25, 0.3) is 0 Å². The summed E-state index contributed by atoms with van der Waals surface area (Å²) < 4.78 is 5.44. The molecule has 0 saturated heterocycles. The number of nitro benzene ring substituents is 1. The van der Waals surface area contributed by atoms with Crippen molar-refractivity contribution in [1.29, 1.82) is 0 Å². The number of ketones is 1. The Morgan fingerprint density at radius 2 is 1.78 bits per heavy atom. The molecule has 0 bridgehead atoms. The zero-order valence-corrected chi connectivity index (χ0v) is 25.0. The predicted molar refractivity (Wildman–Crippen MR) is 154 cm³/mol. The number of nitro groups is 1. The van der Waals surface area contributed by atoms with E-state index in [0.29, 0.717) is 41.9 Å². The van der Waals surface area contributed by atoms with Crippen LogP contribution >= 0.6 is 0 Å². The highest BCUT2D eigenvalue weighted by Crippen LogP contribution is 2.68. The molecule has 8 nitrogen and oxygen atoms in total. The minimum Gasteiger partial charge on any atom is -0.461 e. The second-order valence-electron chi connectivity index (χ2n) is 14.3. The first-order valence-corrected chi connectivity index (χ1v) is 15.6. The van der Waals surface area contributed by atoms with E-state index in [1.54, 1.807) is 0 Å². The van der Waals surface area contributed by atoms with Crippen molar-refractivity contribution in [3.8, 4) is 0 Å². The van der Waals surface area contributed by atoms with Gasteiger partial charge in [-0.15, -0.1) is 0 Å². The van der Waals surface area contributed by atoms with Gasteiger partial charge in [0.2, 0.25) is 0 Å². The summed E-state index contributed by atoms with van der Waals surface area (Å²) in [5.41, 5.74) is 0.666. The molecule has 0 aromatic heterocycles. The fourth-order valence-electron chi connectivity index (χ4n) is 10.0. The first-order valence-electron chi connectivity index (χ1n) is 15.6. The van der Waals surface area contributed by atoms with E-state index >= 15 is 0 Å². The van der Waals surface area contributed by atoms with Crippen LogP contribution in [0.3, 0.4) is 0 Å². The zero-order chi connectivity index (χ0) is 29.7. The number of Topliss-reactive ketones (excluding diaryl/α,β-unsaturated/α-hetero) is 1. The van der Waals surface area contributed by atoms with Crippen LogP contribution < -0.4 is 0 Å². The van der Waals surface area contributed by atoms with Crippen molar-refractivity contribution in [1.82, 2.24) is 0 Å². The standard InChI is InChI=1S/C33H47NO7/c1-19(5-10-30(38)41-18-22-7-6-21(20(2)35)15-28(22)34(39)40)25-8-9-26-31-27(12-14-33(25,26)4)32(3)13-11-24(36)16-23(32)17-29(31)37/h6-7,15,19,23-27,29,31,36-37H,5,8-14,16-18H2,1-4H3/t19-,23-,24+,25?,26?,27?,29+,31?,32-,33+/m0/s1. The smallest absolute Gasteiger partial charge is 0.306 e. The molecule has 4 unspecified atom stereocenters. The lowest BCUT2D eigenvalue weighted by molar-refractivity contribution is -0.385. The summed E-state index contributed by atoms with van der Waals surface area (Å²) in [7, 11) is 0. The Labute approximate surface area is 243 Å². The maximum atomic E-state index is 12.7. The molecule has 4 saturated carbocycles. The third kappa shape index (κ3) is 5.47. The lowest BCUT2D eigenvalue weighted by Crippen LogP contribution is -2.58. The Morgan fingerprint density at radius 3 is 2.49 bits per heavy atom. The summed E-state index contributed by atoms with van der Waals surface area (Å²) in [4.78, 5) is 35.2. The van der Waals surface area contributed by atoms with E-state index in [1.165, 1.54) is 25.1 Å². The number of carbonyl (C=O) groups excluding carboxylic acids is 2. The maximum absolute atomic E-state index is 12.7. The Hall–Kier alpha value is -2.32. The third-order valence-electron chi connectivity index (χ3n) is 12.3. The maximum Gasteiger partial charge on any atom is 0.306 e. The van der Waals surface area contributed by atoms with Crippen molar-refractivity contribution in [2.75, 3.05) is 0 Å². The molecule has 0 radical (unpaired) electrons. The molecule has 1 aromatic carbocycles. The van der Waals surface area contributed by atoms with Gasteiger partial charge in [0.1, 0.15) is 6.61 Å². The molecule has 4 aliphatic rings. The fourth-order valence-corrected chi connectivity index (χ4v) is 10.0. The van der Waals surface area contributed by atoms with E-state index in [0.717, 1.165) is 51.4 Å². The molecule has 4 fully saturated rings. The number of rotatable bonds is 8. The van der Waals surface area contributed by atoms with Gasteiger partial charge in [0, 0.05) is 18.1 Å². The van der Waals surface area contributed by atoms with E-state index in [9.17, 15) is 29.9 Å². The number of nitrogens with zero attached hydrogens (tertiary/aromatic N) is 1.